The van der Waals surface area contributed by atoms with E-state index in [1.54, 1.807) is 10.8 Å². The molecule has 9 heteroatoms. The first-order chi connectivity index (χ1) is 14.4. The Hall–Kier alpha value is -2.00. The lowest BCUT2D eigenvalue weighted by atomic mass is 10.2. The van der Waals surface area contributed by atoms with Gasteiger partial charge >= 0.3 is 0 Å². The number of nitrogens with zero attached hydrogens (tertiary/aromatic N) is 3. The molecule has 0 amide bonds. The highest BCUT2D eigenvalue weighted by Crippen LogP contribution is 2.23. The van der Waals surface area contributed by atoms with E-state index in [0.29, 0.717) is 23.1 Å². The second-order valence-electron chi connectivity index (χ2n) is 8.76. The predicted molar refractivity (Wildman–Crippen MR) is 126 cm³/mol. The van der Waals surface area contributed by atoms with Crippen LogP contribution >= 0.6 is 12.2 Å². The fourth-order valence-electron chi connectivity index (χ4n) is 3.34. The van der Waals surface area contributed by atoms with Crippen LogP contribution in [0.1, 0.15) is 58.8 Å². The zero-order valence-corrected chi connectivity index (χ0v) is 20.7. The number of thiocarbonyl (C=S) groups is 1. The van der Waals surface area contributed by atoms with E-state index in [2.05, 4.69) is 24.1 Å². The molecule has 0 aliphatic carbocycles. The van der Waals surface area contributed by atoms with E-state index in [0.717, 1.165) is 12.2 Å². The molecule has 6 nitrogen and oxygen atoms in total. The van der Waals surface area contributed by atoms with Gasteiger partial charge in [0.1, 0.15) is 5.82 Å². The van der Waals surface area contributed by atoms with Crippen molar-refractivity contribution in [3.63, 3.8) is 0 Å². The monoisotopic (exact) mass is 468 g/mol. The maximum atomic E-state index is 13.2. The molecule has 1 heterocycles. The summed E-state index contributed by atoms with van der Waals surface area (Å²) in [5.74, 6) is -0.258. The van der Waals surface area contributed by atoms with Gasteiger partial charge in [0.25, 0.3) is 0 Å². The molecule has 0 bridgehead atoms. The first kappa shape index (κ1) is 25.3. The Morgan fingerprint density at radius 2 is 1.77 bits per heavy atom. The third kappa shape index (κ3) is 7.00. The molecule has 0 fully saturated rings. The van der Waals surface area contributed by atoms with Crippen LogP contribution in [0, 0.1) is 11.7 Å². The van der Waals surface area contributed by atoms with E-state index < -0.39 is 15.7 Å². The molecule has 0 saturated carbocycles. The molecule has 172 valence electrons. The maximum Gasteiger partial charge on any atom is 0.228 e. The predicted octanol–water partition coefficient (Wildman–Crippen LogP) is 4.32. The van der Waals surface area contributed by atoms with Gasteiger partial charge in [0.2, 0.25) is 15.0 Å². The van der Waals surface area contributed by atoms with Crippen LogP contribution in [0.15, 0.2) is 35.6 Å². The third-order valence-electron chi connectivity index (χ3n) is 4.54. The van der Waals surface area contributed by atoms with Gasteiger partial charge in [-0.05, 0) is 63.5 Å². The number of rotatable bonds is 9. The molecule has 0 unspecified atom stereocenters. The van der Waals surface area contributed by atoms with E-state index in [-0.39, 0.29) is 23.0 Å². The van der Waals surface area contributed by atoms with Gasteiger partial charge in [0.05, 0.1) is 24.2 Å². The van der Waals surface area contributed by atoms with Gasteiger partial charge < -0.3 is 14.8 Å². The number of halogens is 1. The van der Waals surface area contributed by atoms with Crippen molar-refractivity contribution in [2.24, 2.45) is 5.92 Å². The second-order valence-corrected chi connectivity index (χ2v) is 11.0. The van der Waals surface area contributed by atoms with Gasteiger partial charge in [-0.1, -0.05) is 26.0 Å². The van der Waals surface area contributed by atoms with Crippen LogP contribution in [-0.2, 0) is 22.1 Å². The quantitative estimate of drug-likeness (QED) is 0.553. The minimum Gasteiger partial charge on any atom is -0.360 e. The van der Waals surface area contributed by atoms with Gasteiger partial charge in [-0.2, -0.15) is 0 Å². The minimum absolute atomic E-state index is 0.0223. The van der Waals surface area contributed by atoms with Crippen molar-refractivity contribution in [2.75, 3.05) is 6.54 Å². The van der Waals surface area contributed by atoms with E-state index in [1.165, 1.54) is 24.3 Å². The molecular weight excluding hydrogens is 435 g/mol. The van der Waals surface area contributed by atoms with Gasteiger partial charge in [-0.15, -0.1) is 0 Å². The zero-order valence-electron chi connectivity index (χ0n) is 19.1. The van der Waals surface area contributed by atoms with Crippen molar-refractivity contribution in [3.05, 3.63) is 47.5 Å². The lowest BCUT2D eigenvalue weighted by molar-refractivity contribution is 0.337. The summed E-state index contributed by atoms with van der Waals surface area (Å²) in [5, 5.41) is 3.93. The second kappa shape index (κ2) is 10.5. The number of sulfone groups is 1. The van der Waals surface area contributed by atoms with Crippen LogP contribution in [0.5, 0.6) is 0 Å². The summed E-state index contributed by atoms with van der Waals surface area (Å²) in [6.07, 6.45) is 1.61. The molecule has 1 aromatic carbocycles. The van der Waals surface area contributed by atoms with Crippen molar-refractivity contribution in [1.29, 1.82) is 0 Å². The molecular formula is C22H33FN4O2S2. The molecule has 1 N–H and O–H groups in total. The summed E-state index contributed by atoms with van der Waals surface area (Å²) in [6.45, 7) is 13.3. The van der Waals surface area contributed by atoms with Crippen molar-refractivity contribution in [3.8, 4) is 0 Å². The van der Waals surface area contributed by atoms with Crippen LogP contribution in [0.4, 0.5) is 4.39 Å². The molecule has 1 aromatic heterocycles. The largest absolute Gasteiger partial charge is 0.360 e. The highest BCUT2D eigenvalue weighted by molar-refractivity contribution is 7.90. The number of nitrogens with one attached hydrogen (secondary N) is 1. The number of hydrogen-bond donors (Lipinski definition) is 1. The number of imidazole rings is 1. The lowest BCUT2D eigenvalue weighted by Crippen LogP contribution is -2.44. The van der Waals surface area contributed by atoms with Crippen LogP contribution in [0.25, 0.3) is 0 Å². The van der Waals surface area contributed by atoms with Crippen molar-refractivity contribution < 1.29 is 12.8 Å². The Morgan fingerprint density at radius 3 is 2.29 bits per heavy atom. The highest BCUT2D eigenvalue weighted by atomic mass is 32.2. The summed E-state index contributed by atoms with van der Waals surface area (Å²) in [5.41, 5.74) is 1.30. The third-order valence-corrected chi connectivity index (χ3v) is 6.49. The average molecular weight is 469 g/mol. The molecule has 31 heavy (non-hydrogen) atoms. The minimum atomic E-state index is -3.72. The van der Waals surface area contributed by atoms with E-state index in [9.17, 15) is 12.8 Å². The maximum absolute atomic E-state index is 13.2. The standard InChI is InChI=1S/C22H33FN4O2S2/c1-15(2)12-26(21(30)25-16(3)4)13-20-11-24-22(27(20)17(5)6)31(28,29)14-18-7-9-19(23)10-8-18/h7-11,15-17H,12-14H2,1-6H3,(H,25,30). The first-order valence-corrected chi connectivity index (χ1v) is 12.6. The SMILES string of the molecule is CC(C)CN(Cc1cnc(S(=O)(=O)Cc2ccc(F)cc2)n1C(C)C)C(=S)NC(C)C. The molecule has 0 saturated heterocycles. The summed E-state index contributed by atoms with van der Waals surface area (Å²) < 4.78 is 41.2. The summed E-state index contributed by atoms with van der Waals surface area (Å²) in [7, 11) is -3.72. The summed E-state index contributed by atoms with van der Waals surface area (Å²) in [6, 6.07) is 5.58. The van der Waals surface area contributed by atoms with E-state index >= 15 is 0 Å². The average Bonchev–Trinajstić information content (AvgIpc) is 3.07. The van der Waals surface area contributed by atoms with Gasteiger partial charge in [-0.25, -0.2) is 17.8 Å². The Balaban J connectivity index is 2.37. The molecule has 0 atom stereocenters. The zero-order chi connectivity index (χ0) is 23.3. The van der Waals surface area contributed by atoms with Gasteiger partial charge in [0.15, 0.2) is 5.11 Å². The van der Waals surface area contributed by atoms with Crippen molar-refractivity contribution in [1.82, 2.24) is 19.8 Å². The molecule has 2 aromatic rings. The first-order valence-electron chi connectivity index (χ1n) is 10.5. The topological polar surface area (TPSA) is 67.2 Å². The number of hydrogen-bond acceptors (Lipinski definition) is 4. The summed E-state index contributed by atoms with van der Waals surface area (Å²) in [4.78, 5) is 6.33. The van der Waals surface area contributed by atoms with Gasteiger partial charge in [0, 0.05) is 18.6 Å². The molecule has 0 radical (unpaired) electrons. The van der Waals surface area contributed by atoms with Crippen molar-refractivity contribution >= 4 is 27.2 Å². The smallest absolute Gasteiger partial charge is 0.228 e. The Kier molecular flexibility index (Phi) is 8.59. The Labute approximate surface area is 190 Å². The molecule has 0 aliphatic rings. The molecule has 2 rings (SSSR count). The summed E-state index contributed by atoms with van der Waals surface area (Å²) >= 11 is 5.59. The Morgan fingerprint density at radius 1 is 1.16 bits per heavy atom. The van der Waals surface area contributed by atoms with Crippen LogP contribution in [0.3, 0.4) is 0 Å². The van der Waals surface area contributed by atoms with Crippen LogP contribution in [-0.4, -0.2) is 40.6 Å². The van der Waals surface area contributed by atoms with Crippen LogP contribution in [0.2, 0.25) is 0 Å². The van der Waals surface area contributed by atoms with Crippen LogP contribution < -0.4 is 5.32 Å². The molecule has 0 aliphatic heterocycles. The molecule has 0 spiro atoms. The number of benzene rings is 1. The fraction of sp³-hybridized carbons (Fsp3) is 0.545. The number of aromatic nitrogens is 2. The van der Waals surface area contributed by atoms with Gasteiger partial charge in [-0.3, -0.25) is 0 Å². The van der Waals surface area contributed by atoms with E-state index in [4.69, 9.17) is 12.2 Å². The highest BCUT2D eigenvalue weighted by Gasteiger charge is 2.26. The van der Waals surface area contributed by atoms with E-state index in [1.807, 2.05) is 32.6 Å². The van der Waals surface area contributed by atoms with Crippen molar-refractivity contribution in [2.45, 2.75) is 71.1 Å². The lowest BCUT2D eigenvalue weighted by Gasteiger charge is -2.29. The fourth-order valence-corrected chi connectivity index (χ4v) is 5.31. The normalized spacial score (nSPS) is 12.1. The Bertz CT molecular complexity index is 983.